The Bertz CT molecular complexity index is 1540. The van der Waals surface area contributed by atoms with E-state index >= 15 is 4.39 Å². The Morgan fingerprint density at radius 1 is 1.11 bits per heavy atom. The van der Waals surface area contributed by atoms with Crippen molar-refractivity contribution in [2.75, 3.05) is 11.3 Å². The van der Waals surface area contributed by atoms with Gasteiger partial charge in [-0.2, -0.15) is 13.1 Å². The van der Waals surface area contributed by atoms with Crippen molar-refractivity contribution < 1.29 is 79.2 Å². The molecule has 0 saturated carbocycles. The Balaban J connectivity index is 0.00000241. The number of anilines is 1. The van der Waals surface area contributed by atoms with Crippen molar-refractivity contribution in [2.45, 2.75) is 20.0 Å². The quantitative estimate of drug-likeness (QED) is 0.239. The summed E-state index contributed by atoms with van der Waals surface area (Å²) in [6.45, 7) is 0.682. The number of rotatable bonds is 9. The molecular weight excluding hydrogens is 521 g/mol. The van der Waals surface area contributed by atoms with Crippen LogP contribution >= 0.6 is 0 Å². The number of hydrogen-bond donors (Lipinski definition) is 2. The van der Waals surface area contributed by atoms with Crippen molar-refractivity contribution in [3.63, 3.8) is 0 Å². The van der Waals surface area contributed by atoms with Crippen molar-refractivity contribution in [1.29, 1.82) is 0 Å². The van der Waals surface area contributed by atoms with E-state index in [2.05, 4.69) is 19.4 Å². The second kappa shape index (κ2) is 12.3. The Morgan fingerprint density at radius 2 is 1.86 bits per heavy atom. The van der Waals surface area contributed by atoms with Crippen LogP contribution in [-0.2, 0) is 23.3 Å². The summed E-state index contributed by atoms with van der Waals surface area (Å²) >= 11 is 0. The molecule has 0 spiro atoms. The summed E-state index contributed by atoms with van der Waals surface area (Å²) in [5.74, 6) is -0.610. The minimum atomic E-state index is -3.97. The smallest absolute Gasteiger partial charge is 1.00 e. The van der Waals surface area contributed by atoms with Crippen LogP contribution < -0.4 is 71.2 Å². The van der Waals surface area contributed by atoms with E-state index in [4.69, 9.17) is 9.15 Å². The molecule has 36 heavy (non-hydrogen) atoms. The Morgan fingerprint density at radius 3 is 2.56 bits per heavy atom. The molecule has 0 amide bonds. The molecule has 0 bridgehead atoms. The van der Waals surface area contributed by atoms with Gasteiger partial charge in [0.2, 0.25) is 0 Å². The number of aromatic nitrogens is 2. The summed E-state index contributed by atoms with van der Waals surface area (Å²) in [6, 6.07) is 10.2. The maximum atomic E-state index is 15.1. The maximum Gasteiger partial charge on any atom is 1.00 e. The fourth-order valence-corrected chi connectivity index (χ4v) is 4.38. The maximum absolute atomic E-state index is 15.1. The second-order valence-electron chi connectivity index (χ2n) is 7.33. The van der Waals surface area contributed by atoms with E-state index in [9.17, 15) is 17.6 Å². The molecule has 0 aliphatic rings. The third kappa shape index (κ3) is 6.53. The molecule has 0 saturated heterocycles. The van der Waals surface area contributed by atoms with E-state index in [0.717, 1.165) is 0 Å². The Labute approximate surface area is 249 Å². The van der Waals surface area contributed by atoms with E-state index in [1.54, 1.807) is 19.1 Å². The molecule has 13 heteroatoms. The van der Waals surface area contributed by atoms with Gasteiger partial charge in [-0.25, -0.2) is 23.5 Å². The summed E-state index contributed by atoms with van der Waals surface area (Å²) in [5.41, 5.74) is -1.13. The number of ether oxygens (including phenoxy) is 1. The van der Waals surface area contributed by atoms with Gasteiger partial charge in [-0.15, -0.1) is 0 Å². The van der Waals surface area contributed by atoms with E-state index in [1.165, 1.54) is 42.7 Å². The molecule has 184 valence electrons. The van der Waals surface area contributed by atoms with E-state index in [1.807, 2.05) is 0 Å². The van der Waals surface area contributed by atoms with Gasteiger partial charge >= 0.3 is 63.0 Å². The van der Waals surface area contributed by atoms with Gasteiger partial charge in [-0.1, -0.05) is 19.1 Å². The van der Waals surface area contributed by atoms with Gasteiger partial charge in [0.25, 0.3) is 10.2 Å². The normalized spacial score (nSPS) is 11.2. The SMILES string of the molecule is CCNS(=O)(=O)Nc1cccc(Cc2c(CF)c3ccc(Oc4ncccn4)cc3oc2=O)c1F.[H-].[K+]. The third-order valence-electron chi connectivity index (χ3n) is 5.00. The summed E-state index contributed by atoms with van der Waals surface area (Å²) < 4.78 is 68.3. The van der Waals surface area contributed by atoms with E-state index in [-0.39, 0.29) is 105 Å². The van der Waals surface area contributed by atoms with Gasteiger partial charge in [0, 0.05) is 47.9 Å². The summed E-state index contributed by atoms with van der Waals surface area (Å²) in [4.78, 5) is 20.6. The summed E-state index contributed by atoms with van der Waals surface area (Å²) in [6.07, 6.45) is 2.68. The molecular formula is C23H21F2KN4O5S. The van der Waals surface area contributed by atoms with Crippen molar-refractivity contribution in [2.24, 2.45) is 0 Å². The van der Waals surface area contributed by atoms with Crippen molar-refractivity contribution in [3.8, 4) is 11.8 Å². The first-order chi connectivity index (χ1) is 16.8. The topological polar surface area (TPSA) is 123 Å². The average Bonchev–Trinajstić information content (AvgIpc) is 2.82. The van der Waals surface area contributed by atoms with Gasteiger partial charge in [-0.05, 0) is 29.8 Å². The number of fused-ring (bicyclic) bond motifs is 1. The van der Waals surface area contributed by atoms with Crippen LogP contribution in [0.5, 0.6) is 11.8 Å². The zero-order chi connectivity index (χ0) is 25.0. The molecule has 2 aromatic carbocycles. The molecule has 2 heterocycles. The first kappa shape index (κ1) is 28.3. The predicted octanol–water partition coefficient (Wildman–Crippen LogP) is 0.957. The van der Waals surface area contributed by atoms with Gasteiger partial charge in [0.05, 0.1) is 5.69 Å². The van der Waals surface area contributed by atoms with E-state index in [0.29, 0.717) is 5.39 Å². The first-order valence-corrected chi connectivity index (χ1v) is 11.9. The standard InChI is InChI=1S/C23H20F2N4O5S.K.H/c1-2-28-35(31,32)29-19-6-3-5-14(21(19)25)11-17-18(13-24)16-8-7-15(12-20(16)34-22(17)30)33-23-26-9-4-10-27-23;;/h3-10,12,28-29H,2,11,13H2,1H3;;/q;+1;-1. The number of nitrogens with one attached hydrogen (secondary N) is 2. The summed E-state index contributed by atoms with van der Waals surface area (Å²) in [7, 11) is -3.97. The van der Waals surface area contributed by atoms with Crippen LogP contribution in [-0.4, -0.2) is 24.9 Å². The van der Waals surface area contributed by atoms with Crippen LogP contribution in [0.15, 0.2) is 64.1 Å². The van der Waals surface area contributed by atoms with Gasteiger partial charge in [0.15, 0.2) is 5.82 Å². The number of hydrogen-bond acceptors (Lipinski definition) is 7. The Kier molecular flexibility index (Phi) is 9.69. The van der Waals surface area contributed by atoms with Gasteiger partial charge in [-0.3, -0.25) is 4.72 Å². The van der Waals surface area contributed by atoms with Crippen LogP contribution in [0.3, 0.4) is 0 Å². The fraction of sp³-hybridized carbons (Fsp3) is 0.174. The average molecular weight is 543 g/mol. The van der Waals surface area contributed by atoms with Crippen molar-refractivity contribution in [1.82, 2.24) is 14.7 Å². The van der Waals surface area contributed by atoms with Crippen LogP contribution in [0.1, 0.15) is 25.0 Å². The molecule has 0 fully saturated rings. The fourth-order valence-electron chi connectivity index (χ4n) is 3.48. The number of nitrogens with zero attached hydrogens (tertiary/aromatic N) is 2. The number of benzene rings is 2. The van der Waals surface area contributed by atoms with E-state index < -0.39 is 28.3 Å². The monoisotopic (exact) mass is 542 g/mol. The molecule has 2 N–H and O–H groups in total. The molecule has 4 aromatic rings. The molecule has 2 aromatic heterocycles. The minimum absolute atomic E-state index is 0. The van der Waals surface area contributed by atoms with Gasteiger partial charge < -0.3 is 10.6 Å². The number of halogens is 2. The molecule has 0 aliphatic heterocycles. The largest absolute Gasteiger partial charge is 1.00 e. The molecule has 0 radical (unpaired) electrons. The zero-order valence-electron chi connectivity index (χ0n) is 20.4. The van der Waals surface area contributed by atoms with Crippen LogP contribution in [0.25, 0.3) is 11.0 Å². The van der Waals surface area contributed by atoms with Crippen molar-refractivity contribution >= 4 is 26.9 Å². The predicted molar refractivity (Wildman–Crippen MR) is 126 cm³/mol. The zero-order valence-corrected chi connectivity index (χ0v) is 23.4. The summed E-state index contributed by atoms with van der Waals surface area (Å²) in [5, 5.41) is 0.313. The molecule has 0 atom stereocenters. The molecule has 0 unspecified atom stereocenters. The number of alkyl halides is 1. The minimum Gasteiger partial charge on any atom is -1.00 e. The van der Waals surface area contributed by atoms with Crippen LogP contribution in [0, 0.1) is 5.82 Å². The van der Waals surface area contributed by atoms with Crippen LogP contribution in [0.2, 0.25) is 0 Å². The Hall–Kier alpha value is -2.26. The first-order valence-electron chi connectivity index (χ1n) is 10.5. The molecule has 4 rings (SSSR count). The van der Waals surface area contributed by atoms with Crippen LogP contribution in [0.4, 0.5) is 14.5 Å². The molecule has 0 aliphatic carbocycles. The second-order valence-corrected chi connectivity index (χ2v) is 8.83. The molecule has 9 nitrogen and oxygen atoms in total. The van der Waals surface area contributed by atoms with Crippen molar-refractivity contribution in [3.05, 3.63) is 87.8 Å². The van der Waals surface area contributed by atoms with Gasteiger partial charge in [0.1, 0.15) is 18.0 Å². The third-order valence-corrected chi connectivity index (χ3v) is 6.16.